The minimum absolute atomic E-state index is 0.187. The standard InChI is InChI=1S/C24H31N3O/c1-17-6-5-7-19(14-17)21-15-24(21)18(2)23(28-20-8-3-4-9-20)22(16-26-24)27-12-10-25-11-13-27/h5-7,14,16,20-21,25H,2-4,8-13,15H2,1H3/p+1. The van der Waals surface area contributed by atoms with Crippen molar-refractivity contribution < 1.29 is 10.1 Å². The highest BCUT2D eigenvalue weighted by Crippen LogP contribution is 2.61. The van der Waals surface area contributed by atoms with Crippen LogP contribution in [0.4, 0.5) is 0 Å². The van der Waals surface area contributed by atoms with Crippen molar-refractivity contribution >= 4 is 6.21 Å². The molecule has 2 heterocycles. The third-order valence-electron chi connectivity index (χ3n) is 6.96. The number of piperazine rings is 1. The van der Waals surface area contributed by atoms with Gasteiger partial charge in [-0.2, -0.15) is 0 Å². The van der Waals surface area contributed by atoms with Gasteiger partial charge < -0.3 is 15.0 Å². The highest BCUT2D eigenvalue weighted by Gasteiger charge is 2.59. The molecule has 1 aromatic carbocycles. The van der Waals surface area contributed by atoms with Gasteiger partial charge in [0.25, 0.3) is 0 Å². The minimum atomic E-state index is -0.187. The van der Waals surface area contributed by atoms with E-state index in [1.807, 2.05) is 0 Å². The van der Waals surface area contributed by atoms with Gasteiger partial charge in [-0.1, -0.05) is 36.4 Å². The smallest absolute Gasteiger partial charge is 0.149 e. The molecular weight excluding hydrogens is 346 g/mol. The molecule has 0 amide bonds. The van der Waals surface area contributed by atoms with E-state index >= 15 is 0 Å². The highest BCUT2D eigenvalue weighted by atomic mass is 16.5. The van der Waals surface area contributed by atoms with Crippen LogP contribution >= 0.6 is 0 Å². The summed E-state index contributed by atoms with van der Waals surface area (Å²) in [6.07, 6.45) is 8.40. The Bertz CT molecular complexity index is 830. The zero-order chi connectivity index (χ0) is 19.1. The van der Waals surface area contributed by atoms with Gasteiger partial charge in [0.05, 0.1) is 43.5 Å². The van der Waals surface area contributed by atoms with E-state index < -0.39 is 0 Å². The second kappa shape index (κ2) is 7.07. The van der Waals surface area contributed by atoms with E-state index in [4.69, 9.17) is 9.73 Å². The van der Waals surface area contributed by atoms with Crippen molar-refractivity contribution in [3.05, 3.63) is 59.0 Å². The van der Waals surface area contributed by atoms with Gasteiger partial charge in [-0.15, -0.1) is 0 Å². The maximum Gasteiger partial charge on any atom is 0.149 e. The Hall–Kier alpha value is -2.07. The molecule has 5 rings (SSSR count). The second-order valence-corrected chi connectivity index (χ2v) is 8.92. The van der Waals surface area contributed by atoms with Crippen molar-refractivity contribution in [3.63, 3.8) is 0 Å². The van der Waals surface area contributed by atoms with Crippen LogP contribution in [-0.2, 0) is 4.74 Å². The normalized spacial score (nSPS) is 30.4. The zero-order valence-corrected chi connectivity index (χ0v) is 17.0. The molecule has 2 unspecified atom stereocenters. The van der Waals surface area contributed by atoms with E-state index in [-0.39, 0.29) is 5.54 Å². The lowest BCUT2D eigenvalue weighted by molar-refractivity contribution is -0.662. The molecule has 148 valence electrons. The fourth-order valence-corrected chi connectivity index (χ4v) is 5.19. The Morgan fingerprint density at radius 2 is 2.00 bits per heavy atom. The molecular formula is C24H32N3O+. The average molecular weight is 379 g/mol. The summed E-state index contributed by atoms with van der Waals surface area (Å²) in [5, 5.41) is 2.39. The molecule has 1 saturated heterocycles. The molecule has 4 nitrogen and oxygen atoms in total. The molecule has 4 aliphatic rings. The van der Waals surface area contributed by atoms with Crippen molar-refractivity contribution in [3.8, 4) is 0 Å². The SMILES string of the molecule is C=C1C(OC2CCCC2)=C(N2CC[NH2+]CC2)C=NC12CC2c1cccc(C)c1. The average Bonchev–Trinajstić information content (AvgIpc) is 3.21. The van der Waals surface area contributed by atoms with E-state index in [1.54, 1.807) is 0 Å². The van der Waals surface area contributed by atoms with Gasteiger partial charge in [0, 0.05) is 17.7 Å². The van der Waals surface area contributed by atoms with Crippen molar-refractivity contribution in [2.75, 3.05) is 26.2 Å². The largest absolute Gasteiger partial charge is 0.488 e. The van der Waals surface area contributed by atoms with Crippen LogP contribution in [0.15, 0.2) is 52.9 Å². The number of aryl methyl sites for hydroxylation is 1. The molecule has 0 bridgehead atoms. The molecule has 4 heteroatoms. The topological polar surface area (TPSA) is 41.4 Å². The molecule has 2 atom stereocenters. The molecule has 0 radical (unpaired) electrons. The Morgan fingerprint density at radius 1 is 1.21 bits per heavy atom. The number of nitrogens with two attached hydrogens (primary N) is 1. The third kappa shape index (κ3) is 3.08. The van der Waals surface area contributed by atoms with Gasteiger partial charge in [0.2, 0.25) is 0 Å². The lowest BCUT2D eigenvalue weighted by Gasteiger charge is -2.34. The summed E-state index contributed by atoms with van der Waals surface area (Å²) in [6.45, 7) is 11.1. The first-order chi connectivity index (χ1) is 13.7. The Morgan fingerprint density at radius 3 is 2.75 bits per heavy atom. The summed E-state index contributed by atoms with van der Waals surface area (Å²) in [4.78, 5) is 7.56. The van der Waals surface area contributed by atoms with Crippen LogP contribution < -0.4 is 5.32 Å². The van der Waals surface area contributed by atoms with E-state index in [1.165, 1.54) is 42.5 Å². The van der Waals surface area contributed by atoms with Gasteiger partial charge in [0.1, 0.15) is 5.76 Å². The molecule has 2 aliphatic heterocycles. The van der Waals surface area contributed by atoms with Crippen LogP contribution in [0.25, 0.3) is 0 Å². The monoisotopic (exact) mass is 378 g/mol. The Labute approximate surface area is 168 Å². The van der Waals surface area contributed by atoms with Crippen molar-refractivity contribution in [2.24, 2.45) is 4.99 Å². The van der Waals surface area contributed by atoms with Crippen LogP contribution in [0, 0.1) is 6.92 Å². The maximum absolute atomic E-state index is 6.65. The summed E-state index contributed by atoms with van der Waals surface area (Å²) >= 11 is 0. The molecule has 28 heavy (non-hydrogen) atoms. The van der Waals surface area contributed by atoms with E-state index in [0.717, 1.165) is 43.9 Å². The predicted molar refractivity (Wildman–Crippen MR) is 112 cm³/mol. The zero-order valence-electron chi connectivity index (χ0n) is 17.0. The van der Waals surface area contributed by atoms with Gasteiger partial charge in [-0.3, -0.25) is 4.99 Å². The number of dihydropyridines is 1. The van der Waals surface area contributed by atoms with Gasteiger partial charge in [0.15, 0.2) is 0 Å². The number of aliphatic imine (C=N–C) groups is 1. The highest BCUT2D eigenvalue weighted by molar-refractivity contribution is 5.84. The van der Waals surface area contributed by atoms with Crippen molar-refractivity contribution in [2.45, 2.75) is 56.6 Å². The van der Waals surface area contributed by atoms with Crippen molar-refractivity contribution in [1.29, 1.82) is 0 Å². The molecule has 2 N–H and O–H groups in total. The fourth-order valence-electron chi connectivity index (χ4n) is 5.19. The number of benzene rings is 1. The Balaban J connectivity index is 1.45. The first-order valence-electron chi connectivity index (χ1n) is 11.0. The first kappa shape index (κ1) is 18.0. The van der Waals surface area contributed by atoms with Crippen LogP contribution in [0.2, 0.25) is 0 Å². The second-order valence-electron chi connectivity index (χ2n) is 8.92. The molecule has 0 aromatic heterocycles. The van der Waals surface area contributed by atoms with Gasteiger partial charge >= 0.3 is 0 Å². The van der Waals surface area contributed by atoms with Crippen LogP contribution in [0.5, 0.6) is 0 Å². The van der Waals surface area contributed by atoms with E-state index in [2.05, 4.69) is 54.2 Å². The molecule has 1 aromatic rings. The van der Waals surface area contributed by atoms with Crippen LogP contribution in [0.1, 0.15) is 49.1 Å². The summed E-state index contributed by atoms with van der Waals surface area (Å²) in [7, 11) is 0. The summed E-state index contributed by atoms with van der Waals surface area (Å²) in [5.41, 5.74) is 4.79. The molecule has 1 spiro atoms. The molecule has 3 fully saturated rings. The summed E-state index contributed by atoms with van der Waals surface area (Å²) in [5.74, 6) is 1.47. The van der Waals surface area contributed by atoms with E-state index in [0.29, 0.717) is 12.0 Å². The van der Waals surface area contributed by atoms with Gasteiger partial charge in [-0.05, 0) is 44.6 Å². The molecule has 2 aliphatic carbocycles. The fraction of sp³-hybridized carbons (Fsp3) is 0.542. The third-order valence-corrected chi connectivity index (χ3v) is 6.96. The number of nitrogens with zero attached hydrogens (tertiary/aromatic N) is 2. The van der Waals surface area contributed by atoms with Gasteiger partial charge in [-0.25, -0.2) is 0 Å². The molecule has 2 saturated carbocycles. The number of hydrogen-bond donors (Lipinski definition) is 1. The summed E-state index contributed by atoms with van der Waals surface area (Å²) in [6, 6.07) is 8.87. The number of rotatable bonds is 4. The Kier molecular flexibility index (Phi) is 4.54. The first-order valence-corrected chi connectivity index (χ1v) is 11.0. The quantitative estimate of drug-likeness (QED) is 0.875. The lowest BCUT2D eigenvalue weighted by atomic mass is 9.94. The summed E-state index contributed by atoms with van der Waals surface area (Å²) < 4.78 is 6.65. The number of quaternary nitrogens is 1. The van der Waals surface area contributed by atoms with Crippen LogP contribution in [0.3, 0.4) is 0 Å². The number of hydrogen-bond acceptors (Lipinski definition) is 3. The lowest BCUT2D eigenvalue weighted by Crippen LogP contribution is -2.89. The number of allylic oxidation sites excluding steroid dienone is 1. The predicted octanol–water partition coefficient (Wildman–Crippen LogP) is 2.91. The minimum Gasteiger partial charge on any atom is -0.488 e. The van der Waals surface area contributed by atoms with Crippen molar-refractivity contribution in [1.82, 2.24) is 4.90 Å². The van der Waals surface area contributed by atoms with Crippen LogP contribution in [-0.4, -0.2) is 48.9 Å². The van der Waals surface area contributed by atoms with E-state index in [9.17, 15) is 0 Å². The number of ether oxygens (including phenoxy) is 1. The maximum atomic E-state index is 6.65.